The monoisotopic (exact) mass is 477 g/mol. The Balaban J connectivity index is 1.79. The van der Waals surface area contributed by atoms with E-state index in [4.69, 9.17) is 16.6 Å². The number of hydrogen-bond acceptors (Lipinski definition) is 5. The number of pyridine rings is 1. The third kappa shape index (κ3) is 5.55. The highest BCUT2D eigenvalue weighted by molar-refractivity contribution is 6.30. The number of rotatable bonds is 6. The van der Waals surface area contributed by atoms with E-state index in [9.17, 15) is 9.18 Å². The van der Waals surface area contributed by atoms with Gasteiger partial charge in [-0.1, -0.05) is 29.8 Å². The highest BCUT2D eigenvalue weighted by Crippen LogP contribution is 2.33. The molecule has 0 aliphatic carbocycles. The Labute approximate surface area is 202 Å². The highest BCUT2D eigenvalue weighted by Gasteiger charge is 2.18. The van der Waals surface area contributed by atoms with E-state index in [0.29, 0.717) is 58.3 Å². The number of para-hydroxylation sites is 1. The zero-order valence-corrected chi connectivity index (χ0v) is 19.8. The van der Waals surface area contributed by atoms with Crippen molar-refractivity contribution in [1.29, 1.82) is 0 Å². The number of benzene rings is 2. The third-order valence-electron chi connectivity index (χ3n) is 5.37. The average molecular weight is 478 g/mol. The number of halogens is 2. The number of nitrogens with zero attached hydrogens (tertiary/aromatic N) is 4. The number of aliphatic imine (C=N–C) groups is 2. The molecule has 3 aromatic rings. The second-order valence-electron chi connectivity index (χ2n) is 8.16. The van der Waals surface area contributed by atoms with Crippen LogP contribution in [0.1, 0.15) is 6.42 Å². The van der Waals surface area contributed by atoms with Gasteiger partial charge in [-0.05, 0) is 50.5 Å². The molecule has 1 aliphatic rings. The van der Waals surface area contributed by atoms with Crippen molar-refractivity contribution in [3.63, 3.8) is 0 Å². The van der Waals surface area contributed by atoms with Gasteiger partial charge in [0.1, 0.15) is 5.82 Å². The fraction of sp³-hybridized carbons (Fsp3) is 0.231. The van der Waals surface area contributed by atoms with Crippen LogP contribution in [0.5, 0.6) is 0 Å². The minimum absolute atomic E-state index is 0.189. The van der Waals surface area contributed by atoms with Crippen molar-refractivity contribution in [3.8, 4) is 11.3 Å². The SMILES string of the molecule is CN(C)CCNC(=O)C1=CCN=CCC1=Nc1cc(-c2cc(Cl)ccc2F)nc2ccccc12. The summed E-state index contributed by atoms with van der Waals surface area (Å²) in [6.45, 7) is 1.66. The van der Waals surface area contributed by atoms with E-state index in [2.05, 4.69) is 15.3 Å². The molecule has 6 nitrogen and oxygen atoms in total. The van der Waals surface area contributed by atoms with Crippen molar-refractivity contribution in [2.24, 2.45) is 9.98 Å². The van der Waals surface area contributed by atoms with E-state index in [1.165, 1.54) is 12.1 Å². The first-order valence-electron chi connectivity index (χ1n) is 11.0. The summed E-state index contributed by atoms with van der Waals surface area (Å²) in [4.78, 5) is 28.8. The Hall–Kier alpha value is -3.42. The molecule has 1 amide bonds. The Morgan fingerprint density at radius 3 is 2.85 bits per heavy atom. The van der Waals surface area contributed by atoms with Crippen LogP contribution in [-0.4, -0.2) is 61.4 Å². The minimum atomic E-state index is -0.423. The number of aromatic nitrogens is 1. The summed E-state index contributed by atoms with van der Waals surface area (Å²) in [5, 5.41) is 4.17. The van der Waals surface area contributed by atoms with Crippen molar-refractivity contribution >= 4 is 46.0 Å². The van der Waals surface area contributed by atoms with Gasteiger partial charge in [0.25, 0.3) is 5.91 Å². The highest BCUT2D eigenvalue weighted by atomic mass is 35.5. The minimum Gasteiger partial charge on any atom is -0.351 e. The van der Waals surface area contributed by atoms with E-state index in [-0.39, 0.29) is 5.91 Å². The van der Waals surface area contributed by atoms with Crippen LogP contribution in [0.15, 0.2) is 70.2 Å². The number of fused-ring (bicyclic) bond motifs is 1. The van der Waals surface area contributed by atoms with Crippen molar-refractivity contribution in [2.45, 2.75) is 6.42 Å². The lowest BCUT2D eigenvalue weighted by Gasteiger charge is -2.13. The number of amides is 1. The fourth-order valence-corrected chi connectivity index (χ4v) is 3.81. The topological polar surface area (TPSA) is 70.0 Å². The molecule has 4 rings (SSSR count). The molecule has 8 heteroatoms. The Morgan fingerprint density at radius 1 is 1.21 bits per heavy atom. The lowest BCUT2D eigenvalue weighted by Crippen LogP contribution is -2.34. The van der Waals surface area contributed by atoms with Crippen LogP contribution in [0, 0.1) is 5.82 Å². The van der Waals surface area contributed by atoms with Gasteiger partial charge in [0, 0.05) is 41.7 Å². The largest absolute Gasteiger partial charge is 0.351 e. The maximum absolute atomic E-state index is 14.6. The van der Waals surface area contributed by atoms with Gasteiger partial charge in [-0.25, -0.2) is 9.37 Å². The second kappa shape index (κ2) is 10.7. The van der Waals surface area contributed by atoms with Crippen molar-refractivity contribution in [1.82, 2.24) is 15.2 Å². The van der Waals surface area contributed by atoms with Crippen LogP contribution in [0.25, 0.3) is 22.2 Å². The van der Waals surface area contributed by atoms with Gasteiger partial charge in [-0.15, -0.1) is 0 Å². The zero-order valence-electron chi connectivity index (χ0n) is 19.1. The van der Waals surface area contributed by atoms with Crippen LogP contribution >= 0.6 is 11.6 Å². The fourth-order valence-electron chi connectivity index (χ4n) is 3.64. The van der Waals surface area contributed by atoms with Crippen LogP contribution < -0.4 is 5.32 Å². The first-order chi connectivity index (χ1) is 16.4. The summed E-state index contributed by atoms with van der Waals surface area (Å²) in [6, 6.07) is 13.6. The smallest absolute Gasteiger partial charge is 0.252 e. The predicted molar refractivity (Wildman–Crippen MR) is 137 cm³/mol. The van der Waals surface area contributed by atoms with Crippen molar-refractivity contribution in [2.75, 3.05) is 33.7 Å². The van der Waals surface area contributed by atoms with Crippen LogP contribution in [0.4, 0.5) is 10.1 Å². The Kier molecular flexibility index (Phi) is 7.45. The standard InChI is InChI=1S/C26H25ClFN5O/c1-33(2)14-13-30-26(34)19-9-11-29-12-10-23(19)32-24-16-25(20-15-17(27)7-8-21(20)28)31-22-6-4-3-5-18(22)24/h3-9,12,15-16H,10-11,13-14H2,1-2H3,(H,30,34). The summed E-state index contributed by atoms with van der Waals surface area (Å²) in [6.07, 6.45) is 3.95. The maximum atomic E-state index is 14.6. The molecule has 0 atom stereocenters. The quantitative estimate of drug-likeness (QED) is 0.552. The Morgan fingerprint density at radius 2 is 2.03 bits per heavy atom. The number of likely N-dealkylation sites (N-methyl/N-ethyl adjacent to an activating group) is 1. The van der Waals surface area contributed by atoms with Crippen LogP contribution in [0.3, 0.4) is 0 Å². The first-order valence-corrected chi connectivity index (χ1v) is 11.3. The molecule has 0 saturated carbocycles. The molecule has 0 fully saturated rings. The molecule has 1 aromatic heterocycles. The Bertz CT molecular complexity index is 1320. The number of carbonyl (C=O) groups is 1. The first kappa shape index (κ1) is 23.7. The molecule has 1 N–H and O–H groups in total. The molecule has 0 spiro atoms. The van der Waals surface area contributed by atoms with E-state index in [0.717, 1.165) is 11.9 Å². The molecule has 1 aliphatic heterocycles. The van der Waals surface area contributed by atoms with Gasteiger partial charge in [0.05, 0.1) is 34.7 Å². The molecule has 0 radical (unpaired) electrons. The van der Waals surface area contributed by atoms with Gasteiger partial charge < -0.3 is 10.2 Å². The number of nitrogens with one attached hydrogen (secondary N) is 1. The molecule has 2 aromatic carbocycles. The number of hydrogen-bond donors (Lipinski definition) is 1. The molecule has 2 heterocycles. The van der Waals surface area contributed by atoms with Gasteiger partial charge in [-0.3, -0.25) is 14.8 Å². The van der Waals surface area contributed by atoms with Crippen molar-refractivity contribution in [3.05, 3.63) is 71.0 Å². The third-order valence-corrected chi connectivity index (χ3v) is 5.60. The second-order valence-corrected chi connectivity index (χ2v) is 8.59. The zero-order chi connectivity index (χ0) is 24.1. The molecule has 34 heavy (non-hydrogen) atoms. The summed E-state index contributed by atoms with van der Waals surface area (Å²) in [5.74, 6) is -0.612. The molecular weight excluding hydrogens is 453 g/mol. The molecule has 174 valence electrons. The summed E-state index contributed by atoms with van der Waals surface area (Å²) >= 11 is 6.12. The lowest BCUT2D eigenvalue weighted by molar-refractivity contribution is -0.117. The molecular formula is C26H25ClFN5O. The van der Waals surface area contributed by atoms with Gasteiger partial charge >= 0.3 is 0 Å². The predicted octanol–water partition coefficient (Wildman–Crippen LogP) is 4.85. The van der Waals surface area contributed by atoms with Crippen LogP contribution in [-0.2, 0) is 4.79 Å². The van der Waals surface area contributed by atoms with Crippen LogP contribution in [0.2, 0.25) is 5.02 Å². The summed E-state index contributed by atoms with van der Waals surface area (Å²) in [5.41, 5.74) is 3.06. The van der Waals surface area contributed by atoms with Crippen molar-refractivity contribution < 1.29 is 9.18 Å². The van der Waals surface area contributed by atoms with Gasteiger partial charge in [-0.2, -0.15) is 0 Å². The summed E-state index contributed by atoms with van der Waals surface area (Å²) < 4.78 is 14.6. The maximum Gasteiger partial charge on any atom is 0.252 e. The van der Waals surface area contributed by atoms with Gasteiger partial charge in [0.2, 0.25) is 0 Å². The van der Waals surface area contributed by atoms with E-state index < -0.39 is 5.82 Å². The van der Waals surface area contributed by atoms with E-state index in [1.54, 1.807) is 24.4 Å². The average Bonchev–Trinajstić information content (AvgIpc) is 3.05. The lowest BCUT2D eigenvalue weighted by atomic mass is 10.0. The van der Waals surface area contributed by atoms with Gasteiger partial charge in [0.15, 0.2) is 0 Å². The van der Waals surface area contributed by atoms with E-state index >= 15 is 0 Å². The molecule has 0 saturated heterocycles. The summed E-state index contributed by atoms with van der Waals surface area (Å²) in [7, 11) is 3.90. The van der Waals surface area contributed by atoms with E-state index in [1.807, 2.05) is 43.3 Å². The number of carbonyl (C=O) groups excluding carboxylic acids is 1. The molecule has 0 bridgehead atoms. The normalized spacial score (nSPS) is 15.0. The molecule has 0 unspecified atom stereocenters.